The number of carbonyl (C=O) groups is 1. The third-order valence-corrected chi connectivity index (χ3v) is 1.04. The van der Waals surface area contributed by atoms with Crippen molar-refractivity contribution in [2.24, 2.45) is 0 Å². The predicted molar refractivity (Wildman–Crippen MR) is 27.9 cm³/mol. The molecule has 0 saturated heterocycles. The number of hydrogen-bond donors (Lipinski definition) is 2. The Balaban J connectivity index is 2.84. The molecule has 0 aromatic rings. The molecule has 9 heavy (non-hydrogen) atoms. The first kappa shape index (κ1) is 5.94. The quantitative estimate of drug-likeness (QED) is 0.461. The van der Waals surface area contributed by atoms with Gasteiger partial charge in [0.1, 0.15) is 5.76 Å². The van der Waals surface area contributed by atoms with E-state index in [2.05, 4.69) is 4.74 Å². The van der Waals surface area contributed by atoms with Crippen molar-refractivity contribution in [1.82, 2.24) is 0 Å². The van der Waals surface area contributed by atoms with Gasteiger partial charge in [0, 0.05) is 6.42 Å². The van der Waals surface area contributed by atoms with E-state index in [1.54, 1.807) is 0 Å². The Labute approximate surface area is 51.4 Å². The second kappa shape index (κ2) is 1.97. The van der Waals surface area contributed by atoms with Crippen LogP contribution in [0.2, 0.25) is 0 Å². The van der Waals surface area contributed by atoms with Crippen LogP contribution >= 0.6 is 0 Å². The molecule has 0 atom stereocenters. The molecular weight excluding hydrogens is 124 g/mol. The smallest absolute Gasteiger partial charge is 0.377 e. The lowest BCUT2D eigenvalue weighted by atomic mass is 10.3. The van der Waals surface area contributed by atoms with E-state index in [9.17, 15) is 4.79 Å². The van der Waals surface area contributed by atoms with E-state index in [0.717, 1.165) is 0 Å². The van der Waals surface area contributed by atoms with Gasteiger partial charge in [0.25, 0.3) is 0 Å². The molecule has 0 radical (unpaired) electrons. The van der Waals surface area contributed by atoms with Crippen molar-refractivity contribution in [2.45, 2.75) is 6.42 Å². The van der Waals surface area contributed by atoms with Gasteiger partial charge in [-0.3, -0.25) is 0 Å². The van der Waals surface area contributed by atoms with Gasteiger partial charge in [0.2, 0.25) is 5.76 Å². The van der Waals surface area contributed by atoms with Gasteiger partial charge in [0.15, 0.2) is 0 Å². The van der Waals surface area contributed by atoms with E-state index in [0.29, 0.717) is 0 Å². The van der Waals surface area contributed by atoms with Crippen molar-refractivity contribution < 1.29 is 19.7 Å². The number of carbonyl (C=O) groups excluding carboxylic acids is 1. The number of ether oxygens (including phenoxy) is 1. The molecule has 50 valence electrons. The minimum atomic E-state index is -0.848. The van der Waals surface area contributed by atoms with Crippen molar-refractivity contribution in [2.75, 3.05) is 6.61 Å². The summed E-state index contributed by atoms with van der Waals surface area (Å²) in [6.07, 6.45) is 0.206. The second-order valence-corrected chi connectivity index (χ2v) is 1.68. The topological polar surface area (TPSA) is 66.8 Å². The van der Waals surface area contributed by atoms with Crippen LogP contribution in [-0.2, 0) is 9.53 Å². The van der Waals surface area contributed by atoms with Crippen LogP contribution in [0.3, 0.4) is 0 Å². The molecule has 0 amide bonds. The third kappa shape index (κ3) is 0.960. The van der Waals surface area contributed by atoms with E-state index in [4.69, 9.17) is 10.2 Å². The molecule has 1 aliphatic rings. The molecule has 1 rings (SSSR count). The fourth-order valence-electron chi connectivity index (χ4n) is 0.545. The normalized spacial score (nSPS) is 19.8. The average Bonchev–Trinajstić information content (AvgIpc) is 1.83. The highest BCUT2D eigenvalue weighted by molar-refractivity contribution is 5.86. The Kier molecular flexibility index (Phi) is 1.30. The fourth-order valence-corrected chi connectivity index (χ4v) is 0.545. The predicted octanol–water partition coefficient (Wildman–Crippen LogP) is 0.261. The van der Waals surface area contributed by atoms with Crippen molar-refractivity contribution in [1.29, 1.82) is 0 Å². The van der Waals surface area contributed by atoms with Crippen molar-refractivity contribution in [3.05, 3.63) is 11.5 Å². The Bertz CT molecular complexity index is 170. The zero-order valence-corrected chi connectivity index (χ0v) is 4.63. The first-order chi connectivity index (χ1) is 4.22. The van der Waals surface area contributed by atoms with E-state index in [1.807, 2.05) is 0 Å². The van der Waals surface area contributed by atoms with E-state index >= 15 is 0 Å². The van der Waals surface area contributed by atoms with E-state index < -0.39 is 11.7 Å². The van der Waals surface area contributed by atoms with Crippen molar-refractivity contribution in [3.63, 3.8) is 0 Å². The van der Waals surface area contributed by atoms with Crippen LogP contribution in [-0.4, -0.2) is 22.8 Å². The lowest BCUT2D eigenvalue weighted by molar-refractivity contribution is -0.144. The van der Waals surface area contributed by atoms with Crippen LogP contribution in [0.4, 0.5) is 0 Å². The molecule has 0 saturated carbocycles. The highest BCUT2D eigenvalue weighted by Gasteiger charge is 2.19. The highest BCUT2D eigenvalue weighted by atomic mass is 16.5. The minimum Gasteiger partial charge on any atom is -0.508 e. The fraction of sp³-hybridized carbons (Fsp3) is 0.400. The summed E-state index contributed by atoms with van der Waals surface area (Å²) in [6.45, 7) is 0.148. The van der Waals surface area contributed by atoms with Crippen LogP contribution in [0.15, 0.2) is 11.5 Å². The van der Waals surface area contributed by atoms with Crippen LogP contribution in [0, 0.1) is 0 Å². The number of aliphatic hydroxyl groups excluding tert-OH is 2. The summed E-state index contributed by atoms with van der Waals surface area (Å²) < 4.78 is 4.35. The molecular formula is C5H6O4. The summed E-state index contributed by atoms with van der Waals surface area (Å²) in [7, 11) is 0. The minimum absolute atomic E-state index is 0.148. The maximum Gasteiger partial charge on any atom is 0.377 e. The second-order valence-electron chi connectivity index (χ2n) is 1.68. The molecule has 0 spiro atoms. The van der Waals surface area contributed by atoms with E-state index in [1.165, 1.54) is 0 Å². The molecule has 0 bridgehead atoms. The van der Waals surface area contributed by atoms with Crippen LogP contribution < -0.4 is 0 Å². The first-order valence-electron chi connectivity index (χ1n) is 2.50. The standard InChI is InChI=1S/C5H6O4/c6-3-1-2-9-5(8)4(3)7/h6-7H,1-2H2. The van der Waals surface area contributed by atoms with Gasteiger partial charge < -0.3 is 14.9 Å². The highest BCUT2D eigenvalue weighted by Crippen LogP contribution is 2.10. The maximum atomic E-state index is 10.3. The largest absolute Gasteiger partial charge is 0.508 e. The molecule has 1 heterocycles. The van der Waals surface area contributed by atoms with Crippen LogP contribution in [0.5, 0.6) is 0 Å². The van der Waals surface area contributed by atoms with Gasteiger partial charge in [0.05, 0.1) is 6.61 Å². The molecule has 1 aliphatic heterocycles. The third-order valence-electron chi connectivity index (χ3n) is 1.04. The Morgan fingerprint density at radius 3 is 2.56 bits per heavy atom. The summed E-state index contributed by atoms with van der Waals surface area (Å²) in [4.78, 5) is 10.3. The summed E-state index contributed by atoms with van der Waals surface area (Å²) >= 11 is 0. The Morgan fingerprint density at radius 1 is 1.44 bits per heavy atom. The number of aliphatic hydroxyl groups is 2. The van der Waals surface area contributed by atoms with Crippen LogP contribution in [0.25, 0.3) is 0 Å². The summed E-state index contributed by atoms with van der Waals surface area (Å²) in [5.41, 5.74) is 0. The lowest BCUT2D eigenvalue weighted by Gasteiger charge is -2.10. The summed E-state index contributed by atoms with van der Waals surface area (Å²) in [5.74, 6) is -1.80. The van der Waals surface area contributed by atoms with Crippen molar-refractivity contribution >= 4 is 5.97 Å². The molecule has 0 aromatic heterocycles. The first-order valence-corrected chi connectivity index (χ1v) is 2.50. The van der Waals surface area contributed by atoms with Gasteiger partial charge in [-0.25, -0.2) is 4.79 Å². The summed E-state index contributed by atoms with van der Waals surface area (Å²) in [5, 5.41) is 17.3. The molecule has 4 nitrogen and oxygen atoms in total. The Morgan fingerprint density at radius 2 is 2.11 bits per heavy atom. The molecule has 0 fully saturated rings. The van der Waals surface area contributed by atoms with Gasteiger partial charge in [-0.2, -0.15) is 0 Å². The SMILES string of the molecule is O=C1OCCC(O)=C1O. The molecule has 0 aliphatic carbocycles. The van der Waals surface area contributed by atoms with Crippen LogP contribution in [0.1, 0.15) is 6.42 Å². The molecule has 0 aromatic carbocycles. The maximum absolute atomic E-state index is 10.3. The summed E-state index contributed by atoms with van der Waals surface area (Å²) in [6, 6.07) is 0. The van der Waals surface area contributed by atoms with E-state index in [-0.39, 0.29) is 18.8 Å². The zero-order chi connectivity index (χ0) is 6.85. The number of rotatable bonds is 0. The zero-order valence-electron chi connectivity index (χ0n) is 4.63. The van der Waals surface area contributed by atoms with Gasteiger partial charge in [-0.15, -0.1) is 0 Å². The Hall–Kier alpha value is -1.19. The number of cyclic esters (lactones) is 1. The monoisotopic (exact) mass is 130 g/mol. The van der Waals surface area contributed by atoms with Gasteiger partial charge >= 0.3 is 5.97 Å². The molecule has 4 heteroatoms. The van der Waals surface area contributed by atoms with Gasteiger partial charge in [-0.1, -0.05) is 0 Å². The number of hydrogen-bond acceptors (Lipinski definition) is 4. The average molecular weight is 130 g/mol. The molecule has 0 unspecified atom stereocenters. The van der Waals surface area contributed by atoms with Crippen molar-refractivity contribution in [3.8, 4) is 0 Å². The number of esters is 1. The molecule has 2 N–H and O–H groups in total. The lowest BCUT2D eigenvalue weighted by Crippen LogP contribution is -2.17. The van der Waals surface area contributed by atoms with Gasteiger partial charge in [-0.05, 0) is 0 Å².